The number of carboxylic acids is 1. The molecule has 0 aliphatic carbocycles. The molecule has 1 aromatic heterocycles. The fourth-order valence-corrected chi connectivity index (χ4v) is 1.76. The van der Waals surface area contributed by atoms with E-state index in [1.165, 1.54) is 18.2 Å². The van der Waals surface area contributed by atoms with E-state index in [4.69, 9.17) is 14.6 Å². The van der Waals surface area contributed by atoms with Crippen LogP contribution in [-0.4, -0.2) is 59.9 Å². The van der Waals surface area contributed by atoms with E-state index in [1.807, 2.05) is 0 Å². The molecule has 2 N–H and O–H groups in total. The van der Waals surface area contributed by atoms with Gasteiger partial charge in [-0.1, -0.05) is 0 Å². The zero-order valence-electron chi connectivity index (χ0n) is 10.9. The molecule has 1 aliphatic heterocycles. The smallest absolute Gasteiger partial charge is 0.334 e. The second-order valence-corrected chi connectivity index (χ2v) is 4.16. The van der Waals surface area contributed by atoms with Gasteiger partial charge in [-0.15, -0.1) is 0 Å². The third-order valence-corrected chi connectivity index (χ3v) is 2.83. The van der Waals surface area contributed by atoms with Crippen molar-refractivity contribution < 1.29 is 24.2 Å². The van der Waals surface area contributed by atoms with E-state index in [2.05, 4.69) is 10.3 Å². The first-order chi connectivity index (χ1) is 9.60. The Balaban J connectivity index is 1.95. The number of carbonyl (C=O) groups excluding carboxylic acids is 1. The number of methoxy groups -OCH3 is 1. The lowest BCUT2D eigenvalue weighted by Crippen LogP contribution is -2.49. The fourth-order valence-electron chi connectivity index (χ4n) is 1.76. The van der Waals surface area contributed by atoms with Crippen molar-refractivity contribution in [3.05, 3.63) is 18.3 Å². The number of anilines is 1. The van der Waals surface area contributed by atoms with E-state index < -0.39 is 12.1 Å². The Labute approximate surface area is 115 Å². The Hall–Kier alpha value is -2.35. The fraction of sp³-hybridized carbons (Fsp3) is 0.417. The van der Waals surface area contributed by atoms with Gasteiger partial charge in [0.2, 0.25) is 5.88 Å². The Kier molecular flexibility index (Phi) is 4.36. The summed E-state index contributed by atoms with van der Waals surface area (Å²) in [6, 6.07) is 2.89. The first-order valence-electron chi connectivity index (χ1n) is 6.00. The van der Waals surface area contributed by atoms with Gasteiger partial charge in [-0.3, -0.25) is 0 Å². The number of hydrogen-bond donors (Lipinski definition) is 2. The van der Waals surface area contributed by atoms with Crippen LogP contribution < -0.4 is 10.1 Å². The second-order valence-electron chi connectivity index (χ2n) is 4.16. The molecule has 20 heavy (non-hydrogen) atoms. The van der Waals surface area contributed by atoms with E-state index in [0.29, 0.717) is 18.1 Å². The van der Waals surface area contributed by atoms with Crippen molar-refractivity contribution in [2.24, 2.45) is 0 Å². The normalized spacial score (nSPS) is 18.4. The maximum atomic E-state index is 12.0. The van der Waals surface area contributed by atoms with E-state index in [-0.39, 0.29) is 19.2 Å². The number of amides is 2. The zero-order chi connectivity index (χ0) is 14.5. The van der Waals surface area contributed by atoms with E-state index >= 15 is 0 Å². The average molecular weight is 281 g/mol. The summed E-state index contributed by atoms with van der Waals surface area (Å²) in [5, 5.41) is 11.5. The number of nitrogens with one attached hydrogen (secondary N) is 1. The van der Waals surface area contributed by atoms with Crippen molar-refractivity contribution >= 4 is 17.7 Å². The first kappa shape index (κ1) is 14.1. The first-order valence-corrected chi connectivity index (χ1v) is 6.00. The molecular weight excluding hydrogens is 266 g/mol. The van der Waals surface area contributed by atoms with Crippen LogP contribution in [0.15, 0.2) is 18.3 Å². The molecule has 0 radical (unpaired) electrons. The second kappa shape index (κ2) is 6.20. The molecule has 8 nitrogen and oxygen atoms in total. The molecule has 1 aliphatic rings. The van der Waals surface area contributed by atoms with Crippen LogP contribution in [0.1, 0.15) is 0 Å². The number of hydrogen-bond acceptors (Lipinski definition) is 5. The third-order valence-electron chi connectivity index (χ3n) is 2.83. The molecule has 108 valence electrons. The lowest BCUT2D eigenvalue weighted by Gasteiger charge is -2.30. The number of carboxylic acid groups (broad SMARTS) is 1. The monoisotopic (exact) mass is 281 g/mol. The highest BCUT2D eigenvalue weighted by Crippen LogP contribution is 2.13. The molecule has 0 aromatic carbocycles. The van der Waals surface area contributed by atoms with Gasteiger partial charge in [0.25, 0.3) is 0 Å². The highest BCUT2D eigenvalue weighted by molar-refractivity contribution is 5.89. The molecule has 2 rings (SSSR count). The summed E-state index contributed by atoms with van der Waals surface area (Å²) < 4.78 is 9.97. The van der Waals surface area contributed by atoms with Crippen molar-refractivity contribution in [1.29, 1.82) is 0 Å². The van der Waals surface area contributed by atoms with Crippen LogP contribution in [0.5, 0.6) is 5.88 Å². The maximum absolute atomic E-state index is 12.0. The Morgan fingerprint density at radius 1 is 1.55 bits per heavy atom. The molecule has 2 amide bonds. The number of nitrogens with zero attached hydrogens (tertiary/aromatic N) is 2. The molecule has 8 heteroatoms. The SMILES string of the molecule is COc1ccc(NC(=O)N2CCOC(C(=O)O)C2)cn1. The predicted octanol–water partition coefficient (Wildman–Crippen LogP) is 0.407. The van der Waals surface area contributed by atoms with Gasteiger partial charge >= 0.3 is 12.0 Å². The van der Waals surface area contributed by atoms with Crippen molar-refractivity contribution in [2.75, 3.05) is 32.1 Å². The van der Waals surface area contributed by atoms with E-state index in [0.717, 1.165) is 0 Å². The molecule has 1 unspecified atom stereocenters. The highest BCUT2D eigenvalue weighted by atomic mass is 16.5. The van der Waals surface area contributed by atoms with Gasteiger partial charge in [0.05, 0.1) is 32.1 Å². The van der Waals surface area contributed by atoms with E-state index in [9.17, 15) is 9.59 Å². The van der Waals surface area contributed by atoms with Crippen LogP contribution in [0, 0.1) is 0 Å². The van der Waals surface area contributed by atoms with Gasteiger partial charge in [-0.05, 0) is 6.07 Å². The molecule has 1 fully saturated rings. The lowest BCUT2D eigenvalue weighted by atomic mass is 10.3. The number of aliphatic carboxylic acids is 1. The van der Waals surface area contributed by atoms with Crippen molar-refractivity contribution in [1.82, 2.24) is 9.88 Å². The largest absolute Gasteiger partial charge is 0.481 e. The quantitative estimate of drug-likeness (QED) is 0.832. The summed E-state index contributed by atoms with van der Waals surface area (Å²) in [6.45, 7) is 0.565. The third kappa shape index (κ3) is 3.35. The zero-order valence-corrected chi connectivity index (χ0v) is 10.9. The number of aromatic nitrogens is 1. The Morgan fingerprint density at radius 2 is 2.35 bits per heavy atom. The number of ether oxygens (including phenoxy) is 2. The standard InChI is InChI=1S/C12H15N3O5/c1-19-10-3-2-8(6-13-10)14-12(18)15-4-5-20-9(7-15)11(16)17/h2-3,6,9H,4-5,7H2,1H3,(H,14,18)(H,16,17). The average Bonchev–Trinajstić information content (AvgIpc) is 2.48. The van der Waals surface area contributed by atoms with Gasteiger partial charge in [0, 0.05) is 12.6 Å². The minimum atomic E-state index is -1.08. The summed E-state index contributed by atoms with van der Waals surface area (Å²) in [5.74, 6) is -0.631. The number of carbonyl (C=O) groups is 2. The predicted molar refractivity (Wildman–Crippen MR) is 68.8 cm³/mol. The van der Waals surface area contributed by atoms with Crippen molar-refractivity contribution in [3.8, 4) is 5.88 Å². The summed E-state index contributed by atoms with van der Waals surface area (Å²) >= 11 is 0. The van der Waals surface area contributed by atoms with Gasteiger partial charge in [-0.25, -0.2) is 14.6 Å². The molecule has 1 saturated heterocycles. The van der Waals surface area contributed by atoms with Crippen LogP contribution in [0.3, 0.4) is 0 Å². The van der Waals surface area contributed by atoms with E-state index in [1.54, 1.807) is 12.1 Å². The summed E-state index contributed by atoms with van der Waals surface area (Å²) in [4.78, 5) is 28.2. The molecule has 1 atom stereocenters. The van der Waals surface area contributed by atoms with Gasteiger partial charge in [0.1, 0.15) is 0 Å². The number of morpholine rings is 1. The molecule has 2 heterocycles. The number of urea groups is 1. The Bertz CT molecular complexity index is 490. The van der Waals surface area contributed by atoms with Crippen molar-refractivity contribution in [2.45, 2.75) is 6.10 Å². The van der Waals surface area contributed by atoms with Crippen LogP contribution in [0.4, 0.5) is 10.5 Å². The van der Waals surface area contributed by atoms with Crippen molar-refractivity contribution in [3.63, 3.8) is 0 Å². The maximum Gasteiger partial charge on any atom is 0.334 e. The van der Waals surface area contributed by atoms with Gasteiger partial charge in [0.15, 0.2) is 6.10 Å². The van der Waals surface area contributed by atoms with Crippen LogP contribution in [-0.2, 0) is 9.53 Å². The van der Waals surface area contributed by atoms with Crippen LogP contribution in [0.25, 0.3) is 0 Å². The molecule has 0 bridgehead atoms. The molecular formula is C12H15N3O5. The summed E-state index contributed by atoms with van der Waals surface area (Å²) in [7, 11) is 1.50. The Morgan fingerprint density at radius 3 is 2.95 bits per heavy atom. The van der Waals surface area contributed by atoms with Gasteiger partial charge < -0.3 is 24.8 Å². The molecule has 0 saturated carbocycles. The summed E-state index contributed by atoms with van der Waals surface area (Å²) in [5.41, 5.74) is 0.508. The topological polar surface area (TPSA) is 101 Å². The molecule has 0 spiro atoms. The minimum absolute atomic E-state index is 0.0186. The molecule has 1 aromatic rings. The van der Waals surface area contributed by atoms with Gasteiger partial charge in [-0.2, -0.15) is 0 Å². The number of rotatable bonds is 3. The highest BCUT2D eigenvalue weighted by Gasteiger charge is 2.28. The number of pyridine rings is 1. The summed E-state index contributed by atoms with van der Waals surface area (Å²) in [6.07, 6.45) is 0.481. The van der Waals surface area contributed by atoms with Crippen LogP contribution >= 0.6 is 0 Å². The lowest BCUT2D eigenvalue weighted by molar-refractivity contribution is -0.154. The minimum Gasteiger partial charge on any atom is -0.481 e. The van der Waals surface area contributed by atoms with Crippen LogP contribution in [0.2, 0.25) is 0 Å².